The van der Waals surface area contributed by atoms with Gasteiger partial charge in [0, 0.05) is 17.3 Å². The van der Waals surface area contributed by atoms with Crippen molar-refractivity contribution in [3.8, 4) is 5.75 Å². The molecule has 0 aliphatic carbocycles. The van der Waals surface area contributed by atoms with Crippen LogP contribution in [0.3, 0.4) is 0 Å². The fraction of sp³-hybridized carbons (Fsp3) is 0.571. The van der Waals surface area contributed by atoms with E-state index in [2.05, 4.69) is 5.32 Å². The first kappa shape index (κ1) is 14.2. The average Bonchev–Trinajstić information content (AvgIpc) is 2.32. The molecule has 1 aromatic rings. The van der Waals surface area contributed by atoms with Crippen LogP contribution in [0.5, 0.6) is 5.75 Å². The number of sulfone groups is 1. The molecule has 0 bridgehead atoms. The number of aryl methyl sites for hydroxylation is 1. The zero-order valence-electron chi connectivity index (χ0n) is 11.7. The van der Waals surface area contributed by atoms with Crippen molar-refractivity contribution >= 4 is 15.5 Å². The molecule has 1 heterocycles. The van der Waals surface area contributed by atoms with E-state index in [1.54, 1.807) is 7.11 Å². The van der Waals surface area contributed by atoms with Crippen LogP contribution in [0.1, 0.15) is 24.0 Å². The summed E-state index contributed by atoms with van der Waals surface area (Å²) in [5.41, 5.74) is 3.08. The maximum Gasteiger partial charge on any atom is 0.152 e. The highest BCUT2D eigenvalue weighted by Crippen LogP contribution is 2.30. The van der Waals surface area contributed by atoms with Gasteiger partial charge in [-0.05, 0) is 38.3 Å². The van der Waals surface area contributed by atoms with Gasteiger partial charge in [-0.3, -0.25) is 0 Å². The average molecular weight is 283 g/mol. The number of methoxy groups -OCH3 is 1. The largest absolute Gasteiger partial charge is 0.496 e. The van der Waals surface area contributed by atoms with Crippen molar-refractivity contribution in [2.75, 3.05) is 23.9 Å². The van der Waals surface area contributed by atoms with E-state index in [0.717, 1.165) is 35.4 Å². The summed E-state index contributed by atoms with van der Waals surface area (Å²) in [5.74, 6) is 1.41. The van der Waals surface area contributed by atoms with Gasteiger partial charge in [-0.15, -0.1) is 0 Å². The molecule has 1 aromatic carbocycles. The normalized spacial score (nSPS) is 21.9. The van der Waals surface area contributed by atoms with E-state index in [-0.39, 0.29) is 11.8 Å². The Morgan fingerprint density at radius 3 is 2.68 bits per heavy atom. The summed E-state index contributed by atoms with van der Waals surface area (Å²) in [5, 5.41) is 3.35. The molecule has 1 unspecified atom stereocenters. The highest BCUT2D eigenvalue weighted by atomic mass is 32.2. The molecule has 2 rings (SSSR count). The van der Waals surface area contributed by atoms with Crippen LogP contribution in [0.15, 0.2) is 12.1 Å². The lowest BCUT2D eigenvalue weighted by Crippen LogP contribution is -2.35. The van der Waals surface area contributed by atoms with Crippen LogP contribution in [0, 0.1) is 13.8 Å². The Morgan fingerprint density at radius 2 is 2.05 bits per heavy atom. The number of benzene rings is 1. The summed E-state index contributed by atoms with van der Waals surface area (Å²) in [6.45, 7) is 3.99. The third-order valence-corrected chi connectivity index (χ3v) is 5.45. The van der Waals surface area contributed by atoms with Crippen molar-refractivity contribution in [3.05, 3.63) is 23.3 Å². The van der Waals surface area contributed by atoms with Gasteiger partial charge in [0.05, 0.1) is 18.6 Å². The Kier molecular flexibility index (Phi) is 4.04. The number of ether oxygens (including phenoxy) is 1. The fourth-order valence-corrected chi connectivity index (χ4v) is 4.29. The molecule has 106 valence electrons. The van der Waals surface area contributed by atoms with E-state index in [1.165, 1.54) is 0 Å². The van der Waals surface area contributed by atoms with Crippen LogP contribution in [0.4, 0.5) is 5.69 Å². The van der Waals surface area contributed by atoms with Crippen molar-refractivity contribution in [2.24, 2.45) is 0 Å². The topological polar surface area (TPSA) is 55.4 Å². The van der Waals surface area contributed by atoms with Crippen molar-refractivity contribution < 1.29 is 13.2 Å². The molecule has 1 aliphatic rings. The van der Waals surface area contributed by atoms with Gasteiger partial charge in [0.25, 0.3) is 0 Å². The molecule has 1 saturated heterocycles. The smallest absolute Gasteiger partial charge is 0.152 e. The first-order chi connectivity index (χ1) is 8.93. The molecule has 0 aromatic heterocycles. The van der Waals surface area contributed by atoms with Crippen molar-refractivity contribution in [3.63, 3.8) is 0 Å². The molecule has 1 aliphatic heterocycles. The van der Waals surface area contributed by atoms with Crippen molar-refractivity contribution in [1.29, 1.82) is 0 Å². The zero-order valence-corrected chi connectivity index (χ0v) is 12.5. The lowest BCUT2D eigenvalue weighted by Gasteiger charge is -2.25. The van der Waals surface area contributed by atoms with Gasteiger partial charge >= 0.3 is 0 Å². The summed E-state index contributed by atoms with van der Waals surface area (Å²) in [7, 11) is -1.23. The van der Waals surface area contributed by atoms with Gasteiger partial charge in [0.15, 0.2) is 9.84 Å². The predicted octanol–water partition coefficient (Wildman–Crippen LogP) is 2.30. The minimum absolute atomic E-state index is 0.00450. The SMILES string of the molecule is COc1c(C)ccc(NC2CCCS(=O)(=O)C2)c1C. The Hall–Kier alpha value is -1.23. The van der Waals surface area contributed by atoms with Crippen LogP contribution < -0.4 is 10.1 Å². The molecule has 1 atom stereocenters. The third-order valence-electron chi connectivity index (χ3n) is 3.63. The number of nitrogens with one attached hydrogen (secondary N) is 1. The zero-order chi connectivity index (χ0) is 14.0. The highest BCUT2D eigenvalue weighted by molar-refractivity contribution is 7.91. The number of hydrogen-bond donors (Lipinski definition) is 1. The first-order valence-corrected chi connectivity index (χ1v) is 8.36. The summed E-state index contributed by atoms with van der Waals surface area (Å²) in [4.78, 5) is 0. The fourth-order valence-electron chi connectivity index (χ4n) is 2.65. The van der Waals surface area contributed by atoms with Crippen LogP contribution in [0.2, 0.25) is 0 Å². The molecule has 0 radical (unpaired) electrons. The minimum atomic E-state index is -2.88. The summed E-state index contributed by atoms with van der Waals surface area (Å²) >= 11 is 0. The molecule has 19 heavy (non-hydrogen) atoms. The van der Waals surface area contributed by atoms with Crippen LogP contribution in [-0.2, 0) is 9.84 Å². The molecule has 1 N–H and O–H groups in total. The molecular weight excluding hydrogens is 262 g/mol. The lowest BCUT2D eigenvalue weighted by molar-refractivity contribution is 0.409. The second kappa shape index (κ2) is 5.41. The van der Waals surface area contributed by atoms with E-state index >= 15 is 0 Å². The summed E-state index contributed by atoms with van der Waals surface area (Å²) < 4.78 is 28.7. The second-order valence-electron chi connectivity index (χ2n) is 5.19. The molecular formula is C14H21NO3S. The van der Waals surface area contributed by atoms with Gasteiger partial charge < -0.3 is 10.1 Å². The quantitative estimate of drug-likeness (QED) is 0.925. The Balaban J connectivity index is 2.20. The van der Waals surface area contributed by atoms with Gasteiger partial charge in [-0.25, -0.2) is 8.42 Å². The molecule has 4 nitrogen and oxygen atoms in total. The predicted molar refractivity (Wildman–Crippen MR) is 77.8 cm³/mol. The number of hydrogen-bond acceptors (Lipinski definition) is 4. The highest BCUT2D eigenvalue weighted by Gasteiger charge is 2.25. The van der Waals surface area contributed by atoms with E-state index in [9.17, 15) is 8.42 Å². The van der Waals surface area contributed by atoms with Crippen LogP contribution >= 0.6 is 0 Å². The summed E-state index contributed by atoms with van der Waals surface area (Å²) in [6.07, 6.45) is 1.64. The first-order valence-electron chi connectivity index (χ1n) is 6.54. The molecule has 0 saturated carbocycles. The number of anilines is 1. The van der Waals surface area contributed by atoms with Crippen molar-refractivity contribution in [2.45, 2.75) is 32.7 Å². The summed E-state index contributed by atoms with van der Waals surface area (Å²) in [6, 6.07) is 3.99. The molecule has 0 spiro atoms. The van der Waals surface area contributed by atoms with Gasteiger partial charge in [0.1, 0.15) is 5.75 Å². The Bertz CT molecular complexity index is 566. The Morgan fingerprint density at radius 1 is 1.32 bits per heavy atom. The van der Waals surface area contributed by atoms with Gasteiger partial charge in [-0.2, -0.15) is 0 Å². The van der Waals surface area contributed by atoms with E-state index in [0.29, 0.717) is 5.75 Å². The van der Waals surface area contributed by atoms with Crippen molar-refractivity contribution in [1.82, 2.24) is 0 Å². The van der Waals surface area contributed by atoms with E-state index < -0.39 is 9.84 Å². The van der Waals surface area contributed by atoms with E-state index in [4.69, 9.17) is 4.74 Å². The van der Waals surface area contributed by atoms with Crippen LogP contribution in [-0.4, -0.2) is 33.1 Å². The Labute approximate surface area is 115 Å². The van der Waals surface area contributed by atoms with E-state index in [1.807, 2.05) is 26.0 Å². The van der Waals surface area contributed by atoms with Gasteiger partial charge in [0.2, 0.25) is 0 Å². The van der Waals surface area contributed by atoms with Crippen LogP contribution in [0.25, 0.3) is 0 Å². The minimum Gasteiger partial charge on any atom is -0.496 e. The maximum absolute atomic E-state index is 11.6. The number of rotatable bonds is 3. The molecule has 5 heteroatoms. The molecule has 1 fully saturated rings. The maximum atomic E-state index is 11.6. The molecule has 0 amide bonds. The standard InChI is InChI=1S/C14H21NO3S/c1-10-6-7-13(11(2)14(10)18-3)15-12-5-4-8-19(16,17)9-12/h6-7,12,15H,4-5,8-9H2,1-3H3. The van der Waals surface area contributed by atoms with Gasteiger partial charge in [-0.1, -0.05) is 6.07 Å². The monoisotopic (exact) mass is 283 g/mol. The lowest BCUT2D eigenvalue weighted by atomic mass is 10.1. The second-order valence-corrected chi connectivity index (χ2v) is 7.41. The third kappa shape index (κ3) is 3.21.